The Morgan fingerprint density at radius 3 is 2.77 bits per heavy atom. The Hall–Kier alpha value is -1.02. The summed E-state index contributed by atoms with van der Waals surface area (Å²) in [6.07, 6.45) is 3.87. The van der Waals surface area contributed by atoms with E-state index in [1.807, 2.05) is 20.0 Å². The van der Waals surface area contributed by atoms with Gasteiger partial charge in [0.1, 0.15) is 5.76 Å². The van der Waals surface area contributed by atoms with Crippen molar-refractivity contribution < 1.29 is 4.42 Å². The average Bonchev–Trinajstić information content (AvgIpc) is 2.50. The van der Waals surface area contributed by atoms with Crippen molar-refractivity contribution in [1.82, 2.24) is 5.32 Å². The first-order valence-corrected chi connectivity index (χ1v) is 4.54. The van der Waals surface area contributed by atoms with Gasteiger partial charge in [0.25, 0.3) is 0 Å². The van der Waals surface area contributed by atoms with Gasteiger partial charge in [0.05, 0.1) is 6.26 Å². The minimum atomic E-state index is 0.411. The van der Waals surface area contributed by atoms with Crippen molar-refractivity contribution in [3.63, 3.8) is 0 Å². The van der Waals surface area contributed by atoms with Crippen LogP contribution in [-0.4, -0.2) is 13.1 Å². The normalized spacial score (nSPS) is 14.6. The number of likely N-dealkylation sites (N-methyl/N-ethyl adjacent to an activating group) is 1. The van der Waals surface area contributed by atoms with E-state index in [9.17, 15) is 0 Å². The Labute approximate surface area is 79.6 Å². The molecule has 0 fully saturated rings. The van der Waals surface area contributed by atoms with E-state index in [-0.39, 0.29) is 0 Å². The maximum absolute atomic E-state index is 5.21. The Kier molecular flexibility index (Phi) is 3.32. The largest absolute Gasteiger partial charge is 0.469 e. The highest BCUT2D eigenvalue weighted by atomic mass is 16.3. The smallest absolute Gasteiger partial charge is 0.107 e. The Balaban J connectivity index is 2.82. The summed E-state index contributed by atoms with van der Waals surface area (Å²) < 4.78 is 5.21. The Morgan fingerprint density at radius 1 is 1.62 bits per heavy atom. The second-order valence-corrected chi connectivity index (χ2v) is 3.33. The van der Waals surface area contributed by atoms with Gasteiger partial charge in [-0.3, -0.25) is 0 Å². The van der Waals surface area contributed by atoms with Crippen LogP contribution in [0.3, 0.4) is 0 Å². The van der Waals surface area contributed by atoms with Crippen LogP contribution in [0.1, 0.15) is 25.2 Å². The van der Waals surface area contributed by atoms with Gasteiger partial charge in [0, 0.05) is 11.6 Å². The molecule has 0 aliphatic carbocycles. The van der Waals surface area contributed by atoms with Gasteiger partial charge in [-0.05, 0) is 33.9 Å². The van der Waals surface area contributed by atoms with Crippen LogP contribution >= 0.6 is 0 Å². The number of nitrogens with one attached hydrogen (secondary N) is 1. The van der Waals surface area contributed by atoms with Crippen LogP contribution in [0, 0.1) is 6.92 Å². The third kappa shape index (κ3) is 2.46. The fourth-order valence-corrected chi connectivity index (χ4v) is 1.14. The van der Waals surface area contributed by atoms with E-state index in [0.717, 1.165) is 5.76 Å². The molecule has 0 aliphatic rings. The molecule has 0 amide bonds. The molecule has 0 saturated carbocycles. The lowest BCUT2D eigenvalue weighted by Gasteiger charge is -2.09. The highest BCUT2D eigenvalue weighted by Gasteiger charge is 2.02. The first-order chi connectivity index (χ1) is 6.15. The Bertz CT molecular complexity index is 299. The van der Waals surface area contributed by atoms with Gasteiger partial charge in [0.2, 0.25) is 0 Å². The maximum atomic E-state index is 5.21. The van der Waals surface area contributed by atoms with Gasteiger partial charge in [0.15, 0.2) is 0 Å². The summed E-state index contributed by atoms with van der Waals surface area (Å²) in [7, 11) is 1.96. The highest BCUT2D eigenvalue weighted by Crippen LogP contribution is 2.14. The summed E-state index contributed by atoms with van der Waals surface area (Å²) >= 11 is 0. The molecule has 0 saturated heterocycles. The summed E-state index contributed by atoms with van der Waals surface area (Å²) in [5.74, 6) is 0.975. The van der Waals surface area contributed by atoms with Crippen molar-refractivity contribution in [3.05, 3.63) is 29.2 Å². The molecule has 0 aliphatic heterocycles. The zero-order valence-corrected chi connectivity index (χ0v) is 8.72. The molecule has 1 rings (SSSR count). The van der Waals surface area contributed by atoms with Crippen LogP contribution in [0.5, 0.6) is 0 Å². The lowest BCUT2D eigenvalue weighted by atomic mass is 10.1. The fourth-order valence-electron chi connectivity index (χ4n) is 1.14. The maximum Gasteiger partial charge on any atom is 0.107 e. The van der Waals surface area contributed by atoms with Gasteiger partial charge >= 0.3 is 0 Å². The summed E-state index contributed by atoms with van der Waals surface area (Å²) in [4.78, 5) is 0. The lowest BCUT2D eigenvalue weighted by molar-refractivity contribution is 0.533. The fraction of sp³-hybridized carbons (Fsp3) is 0.455. The molecular weight excluding hydrogens is 162 g/mol. The summed E-state index contributed by atoms with van der Waals surface area (Å²) in [5, 5.41) is 3.20. The van der Waals surface area contributed by atoms with E-state index < -0.39 is 0 Å². The molecule has 2 nitrogen and oxygen atoms in total. The van der Waals surface area contributed by atoms with Crippen LogP contribution in [0.25, 0.3) is 6.08 Å². The van der Waals surface area contributed by atoms with Crippen molar-refractivity contribution in [2.24, 2.45) is 0 Å². The molecule has 13 heavy (non-hydrogen) atoms. The van der Waals surface area contributed by atoms with Gasteiger partial charge in [-0.1, -0.05) is 11.6 Å². The van der Waals surface area contributed by atoms with E-state index in [4.69, 9.17) is 4.42 Å². The molecule has 0 aromatic carbocycles. The number of aryl methyl sites for hydroxylation is 1. The van der Waals surface area contributed by atoms with Crippen molar-refractivity contribution in [2.45, 2.75) is 26.8 Å². The second-order valence-electron chi connectivity index (χ2n) is 3.33. The van der Waals surface area contributed by atoms with Crippen LogP contribution in [0.15, 0.2) is 22.3 Å². The SMILES string of the molecule is CNC(C)/C(C)=C/c1ccoc1C. The van der Waals surface area contributed by atoms with Crippen LogP contribution in [-0.2, 0) is 0 Å². The van der Waals surface area contributed by atoms with Crippen molar-refractivity contribution in [3.8, 4) is 0 Å². The molecular formula is C11H17NO. The standard InChI is InChI=1S/C11H17NO/c1-8(9(2)12-4)7-11-5-6-13-10(11)3/h5-7,9,12H,1-4H3/b8-7+. The zero-order valence-electron chi connectivity index (χ0n) is 8.72. The monoisotopic (exact) mass is 179 g/mol. The predicted molar refractivity (Wildman–Crippen MR) is 55.6 cm³/mol. The summed E-state index contributed by atoms with van der Waals surface area (Å²) in [6.45, 7) is 6.23. The molecule has 0 bridgehead atoms. The van der Waals surface area contributed by atoms with E-state index in [2.05, 4.69) is 25.2 Å². The van der Waals surface area contributed by atoms with Crippen LogP contribution in [0.2, 0.25) is 0 Å². The molecule has 2 heteroatoms. The van der Waals surface area contributed by atoms with Gasteiger partial charge in [-0.15, -0.1) is 0 Å². The predicted octanol–water partition coefficient (Wildman–Crippen LogP) is 2.60. The minimum Gasteiger partial charge on any atom is -0.469 e. The van der Waals surface area contributed by atoms with Crippen LogP contribution in [0.4, 0.5) is 0 Å². The molecule has 1 aromatic heterocycles. The van der Waals surface area contributed by atoms with Crippen molar-refractivity contribution in [2.75, 3.05) is 7.05 Å². The van der Waals surface area contributed by atoms with E-state index in [1.165, 1.54) is 11.1 Å². The van der Waals surface area contributed by atoms with Crippen molar-refractivity contribution >= 4 is 6.08 Å². The molecule has 0 radical (unpaired) electrons. The summed E-state index contributed by atoms with van der Waals surface area (Å²) in [6, 6.07) is 2.40. The number of hydrogen-bond acceptors (Lipinski definition) is 2. The van der Waals surface area contributed by atoms with Crippen molar-refractivity contribution in [1.29, 1.82) is 0 Å². The number of rotatable bonds is 3. The quantitative estimate of drug-likeness (QED) is 0.771. The first kappa shape index (κ1) is 10.1. The number of hydrogen-bond donors (Lipinski definition) is 1. The first-order valence-electron chi connectivity index (χ1n) is 4.54. The van der Waals surface area contributed by atoms with E-state index in [0.29, 0.717) is 6.04 Å². The molecule has 1 unspecified atom stereocenters. The second kappa shape index (κ2) is 4.28. The molecule has 1 atom stereocenters. The Morgan fingerprint density at radius 2 is 2.31 bits per heavy atom. The lowest BCUT2D eigenvalue weighted by Crippen LogP contribution is -2.21. The zero-order chi connectivity index (χ0) is 9.84. The van der Waals surface area contributed by atoms with Gasteiger partial charge < -0.3 is 9.73 Å². The topological polar surface area (TPSA) is 25.2 Å². The third-order valence-electron chi connectivity index (χ3n) is 2.40. The molecule has 0 spiro atoms. The molecule has 72 valence electrons. The highest BCUT2D eigenvalue weighted by molar-refractivity contribution is 5.54. The average molecular weight is 179 g/mol. The van der Waals surface area contributed by atoms with Gasteiger partial charge in [-0.2, -0.15) is 0 Å². The minimum absolute atomic E-state index is 0.411. The molecule has 1 N–H and O–H groups in total. The third-order valence-corrected chi connectivity index (χ3v) is 2.40. The molecule has 1 aromatic rings. The van der Waals surface area contributed by atoms with E-state index in [1.54, 1.807) is 6.26 Å². The summed E-state index contributed by atoms with van der Waals surface area (Å²) in [5.41, 5.74) is 2.48. The van der Waals surface area contributed by atoms with E-state index >= 15 is 0 Å². The van der Waals surface area contributed by atoms with Crippen LogP contribution < -0.4 is 5.32 Å². The van der Waals surface area contributed by atoms with Gasteiger partial charge in [-0.25, -0.2) is 0 Å². The molecule has 1 heterocycles. The number of furan rings is 1.